The number of alkyl halides is 3. The number of likely N-dealkylation sites (tertiary alicyclic amines) is 1. The number of carbonyl (C=O) groups excluding carboxylic acids is 2. The van der Waals surface area contributed by atoms with Crippen LogP contribution in [0.3, 0.4) is 0 Å². The minimum Gasteiger partial charge on any atom is -0.458 e. The van der Waals surface area contributed by atoms with Crippen molar-refractivity contribution in [2.45, 2.75) is 102 Å². The molecule has 4 atom stereocenters. The van der Waals surface area contributed by atoms with Crippen molar-refractivity contribution < 1.29 is 41.4 Å². The van der Waals surface area contributed by atoms with Gasteiger partial charge in [-0.25, -0.2) is 24.1 Å². The number of anilines is 1. The van der Waals surface area contributed by atoms with Gasteiger partial charge in [0.05, 0.1) is 11.1 Å². The van der Waals surface area contributed by atoms with Crippen molar-refractivity contribution in [3.8, 4) is 0 Å². The maximum atomic E-state index is 16.0. The fourth-order valence-corrected chi connectivity index (χ4v) is 7.25. The largest absolute Gasteiger partial charge is 0.458 e. The summed E-state index contributed by atoms with van der Waals surface area (Å²) in [6, 6.07) is 7.09. The maximum absolute atomic E-state index is 16.0. The number of carbonyl (C=O) groups is 2. The first kappa shape index (κ1) is 37.7. The highest BCUT2D eigenvalue weighted by Crippen LogP contribution is 2.43. The number of rotatable bonds is 10. The number of aliphatic hydroxyl groups is 1. The molecule has 1 aromatic carbocycles. The summed E-state index contributed by atoms with van der Waals surface area (Å²) in [6.07, 6.45) is 0.231. The van der Waals surface area contributed by atoms with Gasteiger partial charge < -0.3 is 24.1 Å². The maximum Gasteiger partial charge on any atom is 0.329 e. The third-order valence-corrected chi connectivity index (χ3v) is 9.97. The summed E-state index contributed by atoms with van der Waals surface area (Å²) in [4.78, 5) is 41.3. The van der Waals surface area contributed by atoms with Crippen molar-refractivity contribution in [3.05, 3.63) is 58.9 Å². The highest BCUT2D eigenvalue weighted by atomic mass is 35.5. The molecule has 3 aromatic heterocycles. The highest BCUT2D eigenvalue weighted by Gasteiger charge is 2.46. The molecule has 2 saturated heterocycles. The van der Waals surface area contributed by atoms with Crippen molar-refractivity contribution in [2.75, 3.05) is 24.5 Å². The molecule has 1 amide bonds. The summed E-state index contributed by atoms with van der Waals surface area (Å²) in [6.45, 7) is 6.82. The Kier molecular flexibility index (Phi) is 10.5. The first-order valence-corrected chi connectivity index (χ1v) is 17.9. The molecule has 0 unspecified atom stereocenters. The summed E-state index contributed by atoms with van der Waals surface area (Å²) < 4.78 is 73.8. The number of ether oxygens (including phenoxy) is 1. The summed E-state index contributed by atoms with van der Waals surface area (Å²) in [5, 5.41) is 11.2. The molecule has 15 heteroatoms. The zero-order valence-corrected chi connectivity index (χ0v) is 30.2. The Bertz CT molecular complexity index is 1970. The number of hydrogen-bond donors (Lipinski definition) is 1. The number of aromatic nitrogens is 3. The number of furan rings is 1. The summed E-state index contributed by atoms with van der Waals surface area (Å²) in [7, 11) is 0. The van der Waals surface area contributed by atoms with Crippen LogP contribution in [0.15, 0.2) is 40.9 Å². The van der Waals surface area contributed by atoms with Crippen molar-refractivity contribution in [3.63, 3.8) is 0 Å². The van der Waals surface area contributed by atoms with Crippen LogP contribution in [-0.2, 0) is 25.9 Å². The van der Waals surface area contributed by atoms with Crippen LogP contribution in [0.1, 0.15) is 84.0 Å². The molecule has 1 N–H and O–H groups in total. The van der Waals surface area contributed by atoms with Gasteiger partial charge in [0.15, 0.2) is 11.4 Å². The molecule has 52 heavy (non-hydrogen) atoms. The van der Waals surface area contributed by atoms with Crippen LogP contribution < -0.4 is 4.90 Å². The van der Waals surface area contributed by atoms with E-state index in [0.717, 1.165) is 6.20 Å². The smallest absolute Gasteiger partial charge is 0.329 e. The van der Waals surface area contributed by atoms with Crippen molar-refractivity contribution in [1.29, 1.82) is 0 Å². The zero-order chi connectivity index (χ0) is 37.6. The van der Waals surface area contributed by atoms with E-state index in [0.29, 0.717) is 23.8 Å². The predicted octanol–water partition coefficient (Wildman–Crippen LogP) is 7.62. The number of pyridine rings is 1. The van der Waals surface area contributed by atoms with E-state index in [1.165, 1.54) is 15.9 Å². The minimum atomic E-state index is -3.48. The first-order chi connectivity index (χ1) is 24.5. The Labute approximate surface area is 303 Å². The number of amides is 1. The Hall–Kier alpha value is -4.04. The molecule has 280 valence electrons. The number of halogens is 5. The fraction of sp³-hybridized carbons (Fsp3) is 0.541. The number of benzene rings is 1. The summed E-state index contributed by atoms with van der Waals surface area (Å²) in [5.41, 5.74) is -2.40. The van der Waals surface area contributed by atoms with Gasteiger partial charge in [-0.2, -0.15) is 13.2 Å². The van der Waals surface area contributed by atoms with Gasteiger partial charge in [-0.05, 0) is 51.8 Å². The average molecular weight is 748 g/mol. The van der Waals surface area contributed by atoms with Crippen molar-refractivity contribution >= 4 is 51.4 Å². The lowest BCUT2D eigenvalue weighted by molar-refractivity contribution is -0.156. The number of esters is 1. The molecule has 4 aromatic rings. The molecule has 2 fully saturated rings. The van der Waals surface area contributed by atoms with E-state index in [1.807, 2.05) is 0 Å². The number of aliphatic hydroxyl groups excluding tert-OH is 1. The van der Waals surface area contributed by atoms with Gasteiger partial charge in [0, 0.05) is 68.4 Å². The molecule has 2 aliphatic heterocycles. The van der Waals surface area contributed by atoms with E-state index in [4.69, 9.17) is 20.8 Å². The molecule has 5 heterocycles. The second-order valence-corrected chi connectivity index (χ2v) is 15.3. The topological polar surface area (TPSA) is 122 Å². The molecule has 0 radical (unpaired) electrons. The SMILES string of the molecule is C[C@H]1CN(C(=O)CCCCCC(F)(F)c2nc(N3C[C@@H](O)C[C@H]3C(=O)OC(C)(C)C)c3oc4ccccc4c3n2)CC[C@]1(F)c1cc(Cl)cnc1F. The number of fused-ring (bicyclic) bond motifs is 3. The van der Waals surface area contributed by atoms with Gasteiger partial charge in [-0.3, -0.25) is 4.79 Å². The van der Waals surface area contributed by atoms with Gasteiger partial charge in [0.2, 0.25) is 17.7 Å². The number of hydrogen-bond acceptors (Lipinski definition) is 9. The van der Waals surface area contributed by atoms with Gasteiger partial charge in [-0.1, -0.05) is 37.1 Å². The monoisotopic (exact) mass is 747 g/mol. The van der Waals surface area contributed by atoms with Crippen LogP contribution in [0.25, 0.3) is 22.1 Å². The van der Waals surface area contributed by atoms with E-state index < -0.39 is 59.4 Å². The normalized spacial score (nSPS) is 22.8. The number of piperidine rings is 1. The summed E-state index contributed by atoms with van der Waals surface area (Å²) in [5.74, 6) is -6.77. The Morgan fingerprint density at radius 2 is 1.88 bits per heavy atom. The molecule has 0 bridgehead atoms. The Morgan fingerprint density at radius 1 is 1.13 bits per heavy atom. The second-order valence-electron chi connectivity index (χ2n) is 14.8. The number of β-amino-alcohol motifs (C(OH)–C–C–N with tert-alkyl or cyclic N) is 1. The predicted molar refractivity (Wildman–Crippen MR) is 186 cm³/mol. The van der Waals surface area contributed by atoms with E-state index in [-0.39, 0.29) is 78.7 Å². The van der Waals surface area contributed by atoms with Gasteiger partial charge in [0.25, 0.3) is 0 Å². The van der Waals surface area contributed by atoms with E-state index >= 15 is 13.2 Å². The molecule has 0 spiro atoms. The molecule has 0 saturated carbocycles. The fourth-order valence-electron chi connectivity index (χ4n) is 7.10. The number of unbranched alkanes of at least 4 members (excludes halogenated alkanes) is 2. The molecular weight excluding hydrogens is 706 g/mol. The average Bonchev–Trinajstić information content (AvgIpc) is 3.66. The van der Waals surface area contributed by atoms with Crippen molar-refractivity contribution in [1.82, 2.24) is 19.9 Å². The first-order valence-electron chi connectivity index (χ1n) is 17.5. The van der Waals surface area contributed by atoms with E-state index in [2.05, 4.69) is 15.0 Å². The molecule has 0 aliphatic carbocycles. The lowest BCUT2D eigenvalue weighted by atomic mass is 9.79. The number of nitrogens with zero attached hydrogens (tertiary/aromatic N) is 5. The zero-order valence-electron chi connectivity index (χ0n) is 29.5. The van der Waals surface area contributed by atoms with Gasteiger partial charge in [-0.15, -0.1) is 0 Å². The lowest BCUT2D eigenvalue weighted by Gasteiger charge is -2.41. The van der Waals surface area contributed by atoms with Crippen LogP contribution in [0.5, 0.6) is 0 Å². The molecule has 2 aliphatic rings. The van der Waals surface area contributed by atoms with E-state index in [1.54, 1.807) is 52.0 Å². The van der Waals surface area contributed by atoms with Crippen LogP contribution in [0.2, 0.25) is 5.02 Å². The summed E-state index contributed by atoms with van der Waals surface area (Å²) >= 11 is 5.94. The van der Waals surface area contributed by atoms with Gasteiger partial charge in [0.1, 0.15) is 28.4 Å². The lowest BCUT2D eigenvalue weighted by Crippen LogP contribution is -2.49. The van der Waals surface area contributed by atoms with Crippen LogP contribution in [0, 0.1) is 11.9 Å². The second kappa shape index (κ2) is 14.4. The minimum absolute atomic E-state index is 0.0218. The van der Waals surface area contributed by atoms with E-state index in [9.17, 15) is 19.1 Å². The Morgan fingerprint density at radius 3 is 2.62 bits per heavy atom. The molecule has 6 rings (SSSR count). The Balaban J connectivity index is 1.12. The van der Waals surface area contributed by atoms with Gasteiger partial charge >= 0.3 is 11.9 Å². The third-order valence-electron chi connectivity index (χ3n) is 9.77. The van der Waals surface area contributed by atoms with Crippen LogP contribution in [0.4, 0.5) is 23.4 Å². The molecule has 10 nitrogen and oxygen atoms in total. The van der Waals surface area contributed by atoms with Crippen molar-refractivity contribution in [2.24, 2.45) is 5.92 Å². The standard InChI is InChI=1S/C37H42ClF4N5O5/c1-21-19-46(15-14-36(21,40)25-16-22(38)18-43-31(25)39)28(49)12-6-5-9-13-37(41,42)34-44-29-24-10-7-8-11-27(24)51-30(29)32(45-34)47-20-23(48)17-26(47)33(50)52-35(2,3)4/h7-8,10-11,16,18,21,23,26,48H,5-6,9,12-15,17,19-20H2,1-4H3/t21-,23-,26-,36+/m0/s1. The third kappa shape index (κ3) is 7.68. The van der Waals surface area contributed by atoms with Crippen LogP contribution in [-0.4, -0.2) is 74.2 Å². The van der Waals surface area contributed by atoms with Crippen LogP contribution >= 0.6 is 11.6 Å². The molecular formula is C37H42ClF4N5O5. The highest BCUT2D eigenvalue weighted by molar-refractivity contribution is 6.30. The number of para-hydroxylation sites is 1. The quantitative estimate of drug-likeness (QED) is 0.0756.